The Labute approximate surface area is 235 Å². The van der Waals surface area contributed by atoms with E-state index in [1.807, 2.05) is 0 Å². The van der Waals surface area contributed by atoms with Crippen molar-refractivity contribution in [1.82, 2.24) is 0 Å². The van der Waals surface area contributed by atoms with Crippen LogP contribution in [0.4, 0.5) is 13.2 Å². The summed E-state index contributed by atoms with van der Waals surface area (Å²) in [6.07, 6.45) is 0. The first-order valence-corrected chi connectivity index (χ1v) is 14.6. The summed E-state index contributed by atoms with van der Waals surface area (Å²) in [5.74, 6) is -2.26. The van der Waals surface area contributed by atoms with E-state index in [0.717, 1.165) is 0 Å². The highest BCUT2D eigenvalue weighted by Gasteiger charge is 2.59. The van der Waals surface area contributed by atoms with Gasteiger partial charge >= 0.3 is 21.6 Å². The third-order valence-electron chi connectivity index (χ3n) is 5.96. The molecule has 204 valence electrons. The van der Waals surface area contributed by atoms with Crippen LogP contribution in [0.5, 0.6) is 0 Å². The van der Waals surface area contributed by atoms with Gasteiger partial charge in [0.2, 0.25) is 5.85 Å². The van der Waals surface area contributed by atoms with Gasteiger partial charge in [-0.05, 0) is 48.5 Å². The zero-order valence-corrected chi connectivity index (χ0v) is 23.8. The van der Waals surface area contributed by atoms with E-state index in [1.165, 1.54) is 31.4 Å². The summed E-state index contributed by atoms with van der Waals surface area (Å²) >= 11 is 0. The molecule has 0 fully saturated rings. The maximum absolute atomic E-state index is 13.8. The van der Waals surface area contributed by atoms with E-state index in [1.54, 1.807) is 91.0 Å². The molecule has 11 heteroatoms. The van der Waals surface area contributed by atoms with E-state index in [4.69, 9.17) is 8.92 Å². The number of carbonyl (C=O) groups is 1. The monoisotopic (exact) mass is 638 g/mol. The maximum Gasteiger partial charge on any atom is 0.523 e. The second-order valence-electron chi connectivity index (χ2n) is 8.19. The molecule has 4 rings (SSSR count). The second-order valence-corrected chi connectivity index (χ2v) is 13.2. The summed E-state index contributed by atoms with van der Waals surface area (Å²) in [5.41, 5.74) is -5.36. The van der Waals surface area contributed by atoms with Crippen molar-refractivity contribution in [1.29, 1.82) is 0 Å². The van der Waals surface area contributed by atoms with Gasteiger partial charge in [0.15, 0.2) is 0 Å². The lowest BCUT2D eigenvalue weighted by Gasteiger charge is -2.34. The molecule has 5 nitrogen and oxygen atoms in total. The van der Waals surface area contributed by atoms with Crippen molar-refractivity contribution < 1.29 is 52.3 Å². The third-order valence-corrected chi connectivity index (χ3v) is 11.6. The van der Waals surface area contributed by atoms with Gasteiger partial charge in [0.25, 0.3) is 0 Å². The zero-order valence-electron chi connectivity index (χ0n) is 20.5. The number of ether oxygens (including phenoxy) is 1. The SMILES string of the molecule is COC(=O)c1ccc(C(OS(=O)(=O)C(F)(F)F)[P+](c2ccccc2)(c2ccccc2)c2ccccc2)cc1.[Br-]. The van der Waals surface area contributed by atoms with Gasteiger partial charge in [0.1, 0.15) is 23.2 Å². The molecule has 1 unspecified atom stereocenters. The molecule has 0 aliphatic carbocycles. The fraction of sp³-hybridized carbons (Fsp3) is 0.107. The minimum Gasteiger partial charge on any atom is -1.00 e. The lowest BCUT2D eigenvalue weighted by atomic mass is 10.1. The number of carbonyl (C=O) groups excluding carboxylic acids is 1. The first kappa shape index (κ1) is 30.5. The van der Waals surface area contributed by atoms with Crippen LogP contribution in [-0.4, -0.2) is 27.0 Å². The Morgan fingerprint density at radius 1 is 0.718 bits per heavy atom. The minimum atomic E-state index is -6.05. The van der Waals surface area contributed by atoms with E-state index >= 15 is 0 Å². The number of methoxy groups -OCH3 is 1. The molecule has 0 aliphatic rings. The van der Waals surface area contributed by atoms with Crippen molar-refractivity contribution in [3.63, 3.8) is 0 Å². The molecule has 0 radical (unpaired) electrons. The van der Waals surface area contributed by atoms with E-state index < -0.39 is 34.7 Å². The van der Waals surface area contributed by atoms with Crippen LogP contribution in [0.3, 0.4) is 0 Å². The van der Waals surface area contributed by atoms with Crippen molar-refractivity contribution in [3.8, 4) is 0 Å². The predicted molar refractivity (Wildman–Crippen MR) is 142 cm³/mol. The van der Waals surface area contributed by atoms with Crippen LogP contribution in [0.25, 0.3) is 0 Å². The molecule has 4 aromatic carbocycles. The maximum atomic E-state index is 13.8. The van der Waals surface area contributed by atoms with Crippen LogP contribution in [-0.2, 0) is 19.0 Å². The number of benzene rings is 4. The van der Waals surface area contributed by atoms with E-state index in [-0.39, 0.29) is 28.1 Å². The summed E-state index contributed by atoms with van der Waals surface area (Å²) in [4.78, 5) is 12.0. The summed E-state index contributed by atoms with van der Waals surface area (Å²) in [7, 11) is -8.16. The normalized spacial score (nSPS) is 12.7. The van der Waals surface area contributed by atoms with Crippen LogP contribution in [0.1, 0.15) is 21.8 Å². The van der Waals surface area contributed by atoms with E-state index in [2.05, 4.69) is 0 Å². The average molecular weight is 639 g/mol. The molecule has 1 atom stereocenters. The van der Waals surface area contributed by atoms with Gasteiger partial charge in [-0.1, -0.05) is 66.7 Å². The number of alkyl halides is 3. The lowest BCUT2D eigenvalue weighted by molar-refractivity contribution is -0.0552. The van der Waals surface area contributed by atoms with Crippen molar-refractivity contribution in [2.45, 2.75) is 11.4 Å². The Kier molecular flexibility index (Phi) is 9.72. The quantitative estimate of drug-likeness (QED) is 0.128. The van der Waals surface area contributed by atoms with Crippen molar-refractivity contribution >= 4 is 39.3 Å². The topological polar surface area (TPSA) is 69.7 Å². The van der Waals surface area contributed by atoms with Crippen molar-refractivity contribution in [2.75, 3.05) is 7.11 Å². The molecule has 0 N–H and O–H groups in total. The van der Waals surface area contributed by atoms with Crippen LogP contribution >= 0.6 is 7.26 Å². The van der Waals surface area contributed by atoms with Crippen LogP contribution < -0.4 is 32.9 Å². The number of hydrogen-bond donors (Lipinski definition) is 0. The van der Waals surface area contributed by atoms with Crippen molar-refractivity contribution in [3.05, 3.63) is 126 Å². The molecule has 0 saturated heterocycles. The molecule has 0 aromatic heterocycles. The first-order valence-electron chi connectivity index (χ1n) is 11.3. The number of halogens is 4. The number of rotatable bonds is 8. The zero-order chi connectivity index (χ0) is 27.4. The van der Waals surface area contributed by atoms with Gasteiger partial charge in [-0.15, -0.1) is 0 Å². The number of esters is 1. The molecule has 4 aromatic rings. The summed E-state index contributed by atoms with van der Waals surface area (Å²) in [5, 5.41) is 1.82. The molecule has 0 heterocycles. The molecule has 0 bridgehead atoms. The summed E-state index contributed by atoms with van der Waals surface area (Å²) in [6, 6.07) is 31.8. The molecule has 0 amide bonds. The Morgan fingerprint density at radius 2 is 1.10 bits per heavy atom. The largest absolute Gasteiger partial charge is 1.00 e. The Morgan fingerprint density at radius 3 is 1.44 bits per heavy atom. The smallest absolute Gasteiger partial charge is 0.523 e. The highest BCUT2D eigenvalue weighted by Crippen LogP contribution is 2.67. The molecular weight excluding hydrogens is 616 g/mol. The second kappa shape index (κ2) is 12.4. The fourth-order valence-electron chi connectivity index (χ4n) is 4.26. The van der Waals surface area contributed by atoms with E-state index in [0.29, 0.717) is 15.9 Å². The van der Waals surface area contributed by atoms with Gasteiger partial charge in [0.05, 0.1) is 12.7 Å². The van der Waals surface area contributed by atoms with Gasteiger partial charge in [-0.2, -0.15) is 21.6 Å². The molecular formula is C28H23BrF3O5PS. The summed E-state index contributed by atoms with van der Waals surface area (Å²) in [6.45, 7) is 0. The highest BCUT2D eigenvalue weighted by molar-refractivity contribution is 7.96. The third kappa shape index (κ3) is 6.09. The van der Waals surface area contributed by atoms with E-state index in [9.17, 15) is 26.4 Å². The Hall–Kier alpha value is -3.04. The molecule has 39 heavy (non-hydrogen) atoms. The van der Waals surface area contributed by atoms with Gasteiger partial charge in [0, 0.05) is 5.56 Å². The predicted octanol–water partition coefficient (Wildman–Crippen LogP) is 2.34. The van der Waals surface area contributed by atoms with Gasteiger partial charge in [-0.25, -0.2) is 8.98 Å². The molecule has 0 aliphatic heterocycles. The lowest BCUT2D eigenvalue weighted by Crippen LogP contribution is -3.00. The Bertz CT molecular complexity index is 1390. The van der Waals surface area contributed by atoms with Gasteiger partial charge in [-0.3, -0.25) is 0 Å². The standard InChI is InChI=1S/C28H23F3O5PS.BrH/c1-35-26(32)21-17-19-22(20-18-21)27(36-38(33,34)28(29,30)31)37(23-11-5-2-6-12-23,24-13-7-3-8-14-24)25-15-9-4-10-16-25;/h2-20,27H,1H3;1H/q+1;/p-1. The van der Waals surface area contributed by atoms with Gasteiger partial charge < -0.3 is 21.7 Å². The minimum absolute atomic E-state index is 0. The summed E-state index contributed by atoms with van der Waals surface area (Å²) < 4.78 is 76.4. The average Bonchev–Trinajstić information content (AvgIpc) is 2.94. The molecule has 0 spiro atoms. The molecule has 0 saturated carbocycles. The highest BCUT2D eigenvalue weighted by atomic mass is 79.9. The van der Waals surface area contributed by atoms with Crippen LogP contribution in [0.2, 0.25) is 0 Å². The number of hydrogen-bond acceptors (Lipinski definition) is 5. The van der Waals surface area contributed by atoms with Crippen LogP contribution in [0, 0.1) is 0 Å². The van der Waals surface area contributed by atoms with Crippen LogP contribution in [0.15, 0.2) is 115 Å². The first-order chi connectivity index (χ1) is 18.1. The van der Waals surface area contributed by atoms with Crippen molar-refractivity contribution in [2.24, 2.45) is 0 Å². The Balaban J connectivity index is 0.00000420. The fourth-order valence-corrected chi connectivity index (χ4v) is 9.83.